The molecule has 1 amide bonds. The molecule has 1 aromatic rings. The van der Waals surface area contributed by atoms with Crippen molar-refractivity contribution >= 4 is 5.91 Å². The van der Waals surface area contributed by atoms with Crippen LogP contribution >= 0.6 is 0 Å². The van der Waals surface area contributed by atoms with Crippen LogP contribution in [0.3, 0.4) is 0 Å². The number of hydrogen-bond acceptors (Lipinski definition) is 2. The molecule has 124 valence electrons. The second-order valence-electron chi connectivity index (χ2n) is 6.75. The molecule has 2 aliphatic rings. The summed E-state index contributed by atoms with van der Waals surface area (Å²) in [5, 5.41) is 0. The van der Waals surface area contributed by atoms with E-state index in [1.807, 2.05) is 17.0 Å². The van der Waals surface area contributed by atoms with E-state index in [2.05, 4.69) is 11.5 Å². The maximum absolute atomic E-state index is 13.2. The van der Waals surface area contributed by atoms with E-state index >= 15 is 0 Å². The van der Waals surface area contributed by atoms with Crippen molar-refractivity contribution in [2.24, 2.45) is 0 Å². The van der Waals surface area contributed by atoms with E-state index in [0.717, 1.165) is 44.6 Å². The minimum Gasteiger partial charge on any atom is -0.342 e. The molecule has 0 N–H and O–H groups in total. The van der Waals surface area contributed by atoms with Gasteiger partial charge < -0.3 is 4.90 Å². The van der Waals surface area contributed by atoms with Gasteiger partial charge in [0, 0.05) is 25.2 Å². The lowest BCUT2D eigenvalue weighted by molar-refractivity contribution is -0.132. The standard InChI is InChI=1S/C19H25FN2O/c1-2-10-22-11-4-7-19(22)8-12-21(13-9-19)18(23)15-16-5-3-6-17(20)14-16/h2-3,5-6,14H,1,4,7-13,15H2. The lowest BCUT2D eigenvalue weighted by Crippen LogP contribution is -2.53. The number of carbonyl (C=O) groups excluding carboxylic acids is 1. The Morgan fingerprint density at radius 1 is 1.26 bits per heavy atom. The molecule has 1 aromatic carbocycles. The van der Waals surface area contributed by atoms with E-state index in [1.54, 1.807) is 6.07 Å². The van der Waals surface area contributed by atoms with Crippen molar-refractivity contribution in [1.82, 2.24) is 9.80 Å². The van der Waals surface area contributed by atoms with E-state index in [0.29, 0.717) is 6.42 Å². The maximum atomic E-state index is 13.2. The number of benzene rings is 1. The van der Waals surface area contributed by atoms with Crippen LogP contribution in [-0.2, 0) is 11.2 Å². The van der Waals surface area contributed by atoms with Crippen molar-refractivity contribution in [3.63, 3.8) is 0 Å². The van der Waals surface area contributed by atoms with E-state index in [1.165, 1.54) is 25.0 Å². The van der Waals surface area contributed by atoms with Gasteiger partial charge in [0.1, 0.15) is 5.82 Å². The number of piperidine rings is 1. The molecule has 2 aliphatic heterocycles. The summed E-state index contributed by atoms with van der Waals surface area (Å²) in [6, 6.07) is 6.34. The average Bonchev–Trinajstić information content (AvgIpc) is 2.91. The predicted molar refractivity (Wildman–Crippen MR) is 89.7 cm³/mol. The minimum absolute atomic E-state index is 0.110. The van der Waals surface area contributed by atoms with Crippen molar-refractivity contribution in [3.05, 3.63) is 48.3 Å². The molecular formula is C19H25FN2O. The molecule has 4 heteroatoms. The lowest BCUT2D eigenvalue weighted by atomic mass is 9.84. The predicted octanol–water partition coefficient (Wildman–Crippen LogP) is 3.01. The van der Waals surface area contributed by atoms with Crippen LogP contribution < -0.4 is 0 Å². The molecule has 0 radical (unpaired) electrons. The van der Waals surface area contributed by atoms with E-state index < -0.39 is 0 Å². The summed E-state index contributed by atoms with van der Waals surface area (Å²) in [6.07, 6.45) is 6.82. The molecule has 3 rings (SSSR count). The fourth-order valence-electron chi connectivity index (χ4n) is 4.11. The smallest absolute Gasteiger partial charge is 0.226 e. The largest absolute Gasteiger partial charge is 0.342 e. The Hall–Kier alpha value is -1.68. The molecule has 2 fully saturated rings. The summed E-state index contributed by atoms with van der Waals surface area (Å²) < 4.78 is 13.2. The van der Waals surface area contributed by atoms with Crippen LogP contribution in [0.2, 0.25) is 0 Å². The van der Waals surface area contributed by atoms with Crippen molar-refractivity contribution in [3.8, 4) is 0 Å². The minimum atomic E-state index is -0.279. The second-order valence-corrected chi connectivity index (χ2v) is 6.75. The number of hydrogen-bond donors (Lipinski definition) is 0. The summed E-state index contributed by atoms with van der Waals surface area (Å²) in [6.45, 7) is 7.56. The molecule has 0 atom stereocenters. The van der Waals surface area contributed by atoms with Gasteiger partial charge in [-0.1, -0.05) is 18.2 Å². The molecule has 2 saturated heterocycles. The monoisotopic (exact) mass is 316 g/mol. The summed E-state index contributed by atoms with van der Waals surface area (Å²) in [5.41, 5.74) is 1.02. The zero-order chi connectivity index (χ0) is 16.3. The zero-order valence-electron chi connectivity index (χ0n) is 13.6. The third kappa shape index (κ3) is 3.47. The first-order chi connectivity index (χ1) is 11.1. The number of carbonyl (C=O) groups is 1. The Morgan fingerprint density at radius 3 is 2.74 bits per heavy atom. The van der Waals surface area contributed by atoms with Crippen molar-refractivity contribution in [1.29, 1.82) is 0 Å². The molecule has 0 aromatic heterocycles. The van der Waals surface area contributed by atoms with Gasteiger partial charge in [-0.3, -0.25) is 9.69 Å². The van der Waals surface area contributed by atoms with Crippen LogP contribution in [0.15, 0.2) is 36.9 Å². The highest BCUT2D eigenvalue weighted by Gasteiger charge is 2.42. The van der Waals surface area contributed by atoms with Gasteiger partial charge in [-0.2, -0.15) is 0 Å². The highest BCUT2D eigenvalue weighted by molar-refractivity contribution is 5.78. The molecule has 2 heterocycles. The number of likely N-dealkylation sites (tertiary alicyclic amines) is 2. The van der Waals surface area contributed by atoms with Crippen LogP contribution in [-0.4, -0.2) is 47.4 Å². The first-order valence-corrected chi connectivity index (χ1v) is 8.51. The summed E-state index contributed by atoms with van der Waals surface area (Å²) in [7, 11) is 0. The molecular weight excluding hydrogens is 291 g/mol. The molecule has 3 nitrogen and oxygen atoms in total. The molecule has 0 saturated carbocycles. The number of halogens is 1. The number of nitrogens with zero attached hydrogens (tertiary/aromatic N) is 2. The molecule has 23 heavy (non-hydrogen) atoms. The van der Waals surface area contributed by atoms with Gasteiger partial charge in [-0.25, -0.2) is 4.39 Å². The fourth-order valence-corrected chi connectivity index (χ4v) is 4.11. The second kappa shape index (κ2) is 6.83. The summed E-state index contributed by atoms with van der Waals surface area (Å²) >= 11 is 0. The van der Waals surface area contributed by atoms with E-state index in [-0.39, 0.29) is 17.3 Å². The first kappa shape index (κ1) is 16.2. The summed E-state index contributed by atoms with van der Waals surface area (Å²) in [5.74, 6) is -0.169. The first-order valence-electron chi connectivity index (χ1n) is 8.51. The molecule has 0 unspecified atom stereocenters. The van der Waals surface area contributed by atoms with Crippen molar-refractivity contribution < 1.29 is 9.18 Å². The van der Waals surface area contributed by atoms with Gasteiger partial charge in [0.2, 0.25) is 5.91 Å². The van der Waals surface area contributed by atoms with Gasteiger partial charge in [0.05, 0.1) is 6.42 Å². The Labute approximate surface area is 137 Å². The van der Waals surface area contributed by atoms with Gasteiger partial charge in [-0.05, 0) is 49.9 Å². The third-order valence-corrected chi connectivity index (χ3v) is 5.38. The van der Waals surface area contributed by atoms with Crippen molar-refractivity contribution in [2.45, 2.75) is 37.6 Å². The normalized spacial score (nSPS) is 20.8. The quantitative estimate of drug-likeness (QED) is 0.797. The van der Waals surface area contributed by atoms with Gasteiger partial charge in [0.25, 0.3) is 0 Å². The van der Waals surface area contributed by atoms with Crippen LogP contribution in [0.4, 0.5) is 4.39 Å². The van der Waals surface area contributed by atoms with E-state index in [9.17, 15) is 9.18 Å². The molecule has 0 bridgehead atoms. The van der Waals surface area contributed by atoms with Gasteiger partial charge in [0.15, 0.2) is 0 Å². The lowest BCUT2D eigenvalue weighted by Gasteiger charge is -2.45. The number of amides is 1. The molecule has 0 aliphatic carbocycles. The molecule has 1 spiro atoms. The van der Waals surface area contributed by atoms with Crippen LogP contribution in [0.1, 0.15) is 31.2 Å². The summed E-state index contributed by atoms with van der Waals surface area (Å²) in [4.78, 5) is 16.9. The Morgan fingerprint density at radius 2 is 2.04 bits per heavy atom. The fraction of sp³-hybridized carbons (Fsp3) is 0.526. The number of rotatable bonds is 4. The Balaban J connectivity index is 1.58. The van der Waals surface area contributed by atoms with Gasteiger partial charge in [-0.15, -0.1) is 6.58 Å². The van der Waals surface area contributed by atoms with Crippen LogP contribution in [0, 0.1) is 5.82 Å². The maximum Gasteiger partial charge on any atom is 0.226 e. The van der Waals surface area contributed by atoms with Crippen LogP contribution in [0.5, 0.6) is 0 Å². The van der Waals surface area contributed by atoms with Crippen LogP contribution in [0.25, 0.3) is 0 Å². The highest BCUT2D eigenvalue weighted by atomic mass is 19.1. The topological polar surface area (TPSA) is 23.6 Å². The Kier molecular flexibility index (Phi) is 4.81. The van der Waals surface area contributed by atoms with Crippen molar-refractivity contribution in [2.75, 3.05) is 26.2 Å². The third-order valence-electron chi connectivity index (χ3n) is 5.38. The van der Waals surface area contributed by atoms with Gasteiger partial charge >= 0.3 is 0 Å². The highest BCUT2D eigenvalue weighted by Crippen LogP contribution is 2.38. The zero-order valence-corrected chi connectivity index (χ0v) is 13.6. The Bertz CT molecular complexity index is 578. The average molecular weight is 316 g/mol. The SMILES string of the molecule is C=CCN1CCCC12CCN(C(=O)Cc1cccc(F)c1)CC2. The van der Waals surface area contributed by atoms with E-state index in [4.69, 9.17) is 0 Å².